The smallest absolute Gasteiger partial charge is 0.224 e. The maximum Gasteiger partial charge on any atom is 0.224 e. The second-order valence-electron chi connectivity index (χ2n) is 6.09. The van der Waals surface area contributed by atoms with Gasteiger partial charge < -0.3 is 14.6 Å². The van der Waals surface area contributed by atoms with E-state index in [9.17, 15) is 4.79 Å². The van der Waals surface area contributed by atoms with Crippen molar-refractivity contribution in [3.8, 4) is 5.75 Å². The van der Waals surface area contributed by atoms with Crippen molar-refractivity contribution in [1.82, 2.24) is 20.3 Å². The van der Waals surface area contributed by atoms with Crippen LogP contribution in [0.1, 0.15) is 36.3 Å². The first-order valence-electron chi connectivity index (χ1n) is 7.89. The van der Waals surface area contributed by atoms with Gasteiger partial charge in [0.05, 0.1) is 30.6 Å². The zero-order chi connectivity index (χ0) is 16.4. The average Bonchev–Trinajstić information content (AvgIpc) is 3.18. The van der Waals surface area contributed by atoms with Crippen LogP contribution in [0.25, 0.3) is 0 Å². The van der Waals surface area contributed by atoms with Gasteiger partial charge in [0.15, 0.2) is 5.75 Å². The molecule has 2 atom stereocenters. The van der Waals surface area contributed by atoms with E-state index in [-0.39, 0.29) is 24.5 Å². The Bertz CT molecular complexity index is 672. The largest absolute Gasteiger partial charge is 0.485 e. The number of rotatable bonds is 5. The molecule has 0 bridgehead atoms. The Morgan fingerprint density at radius 2 is 2.30 bits per heavy atom. The van der Waals surface area contributed by atoms with Crippen LogP contribution in [0.3, 0.4) is 0 Å². The number of carbonyl (C=O) groups excluding carboxylic acids is 1. The number of nitrogens with one attached hydrogen (secondary N) is 1. The lowest BCUT2D eigenvalue weighted by atomic mass is 10.1. The summed E-state index contributed by atoms with van der Waals surface area (Å²) in [5.74, 6) is 1.42. The number of nitrogens with zero attached hydrogens (tertiary/aromatic N) is 3. The van der Waals surface area contributed by atoms with Crippen LogP contribution < -0.4 is 10.1 Å². The minimum absolute atomic E-state index is 0.00665. The fourth-order valence-corrected chi connectivity index (χ4v) is 3.04. The monoisotopic (exact) mass is 318 g/mol. The maximum atomic E-state index is 12.3. The summed E-state index contributed by atoms with van der Waals surface area (Å²) in [6, 6.07) is 0.0307. The first-order chi connectivity index (χ1) is 11.0. The summed E-state index contributed by atoms with van der Waals surface area (Å²) >= 11 is 0. The zero-order valence-electron chi connectivity index (χ0n) is 13.7. The first-order valence-corrected chi connectivity index (χ1v) is 7.89. The second kappa shape index (κ2) is 6.44. The maximum absolute atomic E-state index is 12.3. The molecule has 2 heterocycles. The highest BCUT2D eigenvalue weighted by molar-refractivity contribution is 5.79. The van der Waals surface area contributed by atoms with E-state index >= 15 is 0 Å². The quantitative estimate of drug-likeness (QED) is 0.907. The first kappa shape index (κ1) is 15.6. The fraction of sp³-hybridized carbons (Fsp3) is 0.562. The summed E-state index contributed by atoms with van der Waals surface area (Å²) in [7, 11) is 1.85. The van der Waals surface area contributed by atoms with Gasteiger partial charge in [-0.05, 0) is 33.1 Å². The van der Waals surface area contributed by atoms with Crippen molar-refractivity contribution in [3.63, 3.8) is 0 Å². The van der Waals surface area contributed by atoms with Crippen LogP contribution in [0, 0.1) is 13.8 Å². The predicted molar refractivity (Wildman–Crippen MR) is 83.1 cm³/mol. The standard InChI is InChI=1S/C16H22N4O3/c1-10-13(11(2)23-19-10)7-16(21)18-14-5-4-6-15(14)22-12-8-17-20(3)9-12/h8-9,14-15H,4-7H2,1-3H3,(H,18,21)/t14-,15+/m0/s1. The highest BCUT2D eigenvalue weighted by Gasteiger charge is 2.31. The molecule has 0 saturated heterocycles. The van der Waals surface area contributed by atoms with Crippen LogP contribution in [0.2, 0.25) is 0 Å². The molecule has 1 saturated carbocycles. The van der Waals surface area contributed by atoms with E-state index in [4.69, 9.17) is 9.26 Å². The van der Waals surface area contributed by atoms with Gasteiger partial charge >= 0.3 is 0 Å². The third-order valence-electron chi connectivity index (χ3n) is 4.29. The minimum Gasteiger partial charge on any atom is -0.485 e. The van der Waals surface area contributed by atoms with E-state index in [0.29, 0.717) is 5.76 Å². The van der Waals surface area contributed by atoms with E-state index in [0.717, 1.165) is 36.3 Å². The summed E-state index contributed by atoms with van der Waals surface area (Å²) in [6.07, 6.45) is 6.72. The number of aryl methyl sites for hydroxylation is 3. The van der Waals surface area contributed by atoms with Crippen LogP contribution in [0.5, 0.6) is 5.75 Å². The van der Waals surface area contributed by atoms with Crippen molar-refractivity contribution < 1.29 is 14.1 Å². The summed E-state index contributed by atoms with van der Waals surface area (Å²) in [6.45, 7) is 3.68. The molecule has 7 nitrogen and oxygen atoms in total. The molecule has 2 aromatic heterocycles. The van der Waals surface area contributed by atoms with E-state index in [2.05, 4.69) is 15.6 Å². The van der Waals surface area contributed by atoms with Gasteiger partial charge in [0.25, 0.3) is 0 Å². The number of amides is 1. The topological polar surface area (TPSA) is 82.2 Å². The molecular weight excluding hydrogens is 296 g/mol. The van der Waals surface area contributed by atoms with E-state index < -0.39 is 0 Å². The minimum atomic E-state index is -0.0221. The molecule has 3 rings (SSSR count). The van der Waals surface area contributed by atoms with Gasteiger partial charge in [0.1, 0.15) is 11.9 Å². The molecule has 0 radical (unpaired) electrons. The van der Waals surface area contributed by atoms with E-state index in [1.165, 1.54) is 0 Å². The molecule has 0 aromatic carbocycles. The molecule has 7 heteroatoms. The normalized spacial score (nSPS) is 20.7. The third-order valence-corrected chi connectivity index (χ3v) is 4.29. The number of aromatic nitrogens is 3. The number of hydrogen-bond acceptors (Lipinski definition) is 5. The summed E-state index contributed by atoms with van der Waals surface area (Å²) in [4.78, 5) is 12.3. The molecule has 0 aliphatic heterocycles. The SMILES string of the molecule is Cc1noc(C)c1CC(=O)N[C@H]1CCC[C@H]1Oc1cnn(C)c1. The van der Waals surface area contributed by atoms with Gasteiger partial charge in [0.2, 0.25) is 5.91 Å². The molecular formula is C16H22N4O3. The van der Waals surface area contributed by atoms with E-state index in [1.807, 2.05) is 27.1 Å². The Hall–Kier alpha value is -2.31. The van der Waals surface area contributed by atoms with Gasteiger partial charge in [-0.2, -0.15) is 5.10 Å². The molecule has 0 unspecified atom stereocenters. The van der Waals surface area contributed by atoms with Crippen molar-refractivity contribution in [3.05, 3.63) is 29.4 Å². The van der Waals surface area contributed by atoms with E-state index in [1.54, 1.807) is 10.9 Å². The summed E-state index contributed by atoms with van der Waals surface area (Å²) in [5.41, 5.74) is 1.64. The van der Waals surface area contributed by atoms with Crippen molar-refractivity contribution in [2.45, 2.75) is 51.7 Å². The molecule has 2 aromatic rings. The van der Waals surface area contributed by atoms with Gasteiger partial charge in [-0.25, -0.2) is 0 Å². The molecule has 1 fully saturated rings. The van der Waals surface area contributed by atoms with Crippen LogP contribution in [-0.4, -0.2) is 33.0 Å². The third kappa shape index (κ3) is 3.55. The lowest BCUT2D eigenvalue weighted by Gasteiger charge is -2.21. The predicted octanol–water partition coefficient (Wildman–Crippen LogP) is 1.68. The Kier molecular flexibility index (Phi) is 4.36. The van der Waals surface area contributed by atoms with Gasteiger partial charge in [-0.1, -0.05) is 5.16 Å². The molecule has 1 amide bonds. The zero-order valence-corrected chi connectivity index (χ0v) is 13.7. The number of hydrogen-bond donors (Lipinski definition) is 1. The Morgan fingerprint density at radius 3 is 2.96 bits per heavy atom. The molecule has 1 aliphatic carbocycles. The van der Waals surface area contributed by atoms with Crippen LogP contribution in [-0.2, 0) is 18.3 Å². The van der Waals surface area contributed by atoms with Crippen LogP contribution >= 0.6 is 0 Å². The van der Waals surface area contributed by atoms with Gasteiger partial charge in [-0.15, -0.1) is 0 Å². The molecule has 124 valence electrons. The van der Waals surface area contributed by atoms with Crippen LogP contribution in [0.15, 0.2) is 16.9 Å². The lowest BCUT2D eigenvalue weighted by Crippen LogP contribution is -2.43. The van der Waals surface area contributed by atoms with Gasteiger partial charge in [-0.3, -0.25) is 9.48 Å². The molecule has 0 spiro atoms. The van der Waals surface area contributed by atoms with Crippen molar-refractivity contribution in [2.75, 3.05) is 0 Å². The molecule has 23 heavy (non-hydrogen) atoms. The summed E-state index contributed by atoms with van der Waals surface area (Å²) < 4.78 is 12.8. The highest BCUT2D eigenvalue weighted by atomic mass is 16.5. The number of ether oxygens (including phenoxy) is 1. The van der Waals surface area contributed by atoms with Crippen LogP contribution in [0.4, 0.5) is 0 Å². The fourth-order valence-electron chi connectivity index (χ4n) is 3.04. The lowest BCUT2D eigenvalue weighted by molar-refractivity contribution is -0.121. The van der Waals surface area contributed by atoms with Crippen molar-refractivity contribution in [1.29, 1.82) is 0 Å². The number of carbonyl (C=O) groups is 1. The highest BCUT2D eigenvalue weighted by Crippen LogP contribution is 2.24. The Balaban J connectivity index is 1.59. The van der Waals surface area contributed by atoms with Gasteiger partial charge in [0, 0.05) is 12.6 Å². The Labute approximate surface area is 135 Å². The van der Waals surface area contributed by atoms with Crippen molar-refractivity contribution in [2.24, 2.45) is 7.05 Å². The average molecular weight is 318 g/mol. The molecule has 1 aliphatic rings. The second-order valence-corrected chi connectivity index (χ2v) is 6.09. The molecule has 1 N–H and O–H groups in total. The Morgan fingerprint density at radius 1 is 1.48 bits per heavy atom. The summed E-state index contributed by atoms with van der Waals surface area (Å²) in [5, 5.41) is 11.1. The van der Waals surface area contributed by atoms with Crippen molar-refractivity contribution >= 4 is 5.91 Å².